The van der Waals surface area contributed by atoms with Gasteiger partial charge in [-0.05, 0) is 19.1 Å². The van der Waals surface area contributed by atoms with Gasteiger partial charge in [0.25, 0.3) is 11.8 Å². The highest BCUT2D eigenvalue weighted by Crippen LogP contribution is 2.22. The molecule has 1 aliphatic rings. The van der Waals surface area contributed by atoms with Crippen LogP contribution in [0.1, 0.15) is 32.8 Å². The number of nitrogens with zero attached hydrogens (tertiary/aromatic N) is 2. The van der Waals surface area contributed by atoms with E-state index in [0.717, 1.165) is 17.0 Å². The second kappa shape index (κ2) is 5.81. The largest absolute Gasteiger partial charge is 0.335 e. The number of carbonyl (C=O) groups excluding carboxylic acids is 3. The average Bonchev–Trinajstić information content (AvgIpc) is 2.98. The molecule has 0 saturated heterocycles. The number of benzene rings is 1. The van der Waals surface area contributed by atoms with Gasteiger partial charge in [0.15, 0.2) is 0 Å². The standard InChI is InChI=1S/C15H12N2O5S/c1-9-8-23-15(21)16(9)7-6-12(18)22-17-13(19)10-4-2-3-5-11(10)14(17)20/h2-5,8H,6-7H2,1H3. The Hall–Kier alpha value is -2.74. The molecule has 3 rings (SSSR count). The highest BCUT2D eigenvalue weighted by atomic mass is 32.1. The highest BCUT2D eigenvalue weighted by Gasteiger charge is 2.38. The van der Waals surface area contributed by atoms with Crippen LogP contribution in [0.4, 0.5) is 0 Å². The quantitative estimate of drug-likeness (QED) is 0.789. The highest BCUT2D eigenvalue weighted by molar-refractivity contribution is 7.07. The molecule has 23 heavy (non-hydrogen) atoms. The van der Waals surface area contributed by atoms with Crippen molar-refractivity contribution < 1.29 is 19.2 Å². The van der Waals surface area contributed by atoms with Gasteiger partial charge in [0.2, 0.25) is 0 Å². The Morgan fingerprint density at radius 1 is 1.13 bits per heavy atom. The molecule has 0 unspecified atom stereocenters. The smallest absolute Gasteiger partial charge is 0.330 e. The number of aryl methyl sites for hydroxylation is 1. The maximum Gasteiger partial charge on any atom is 0.335 e. The lowest BCUT2D eigenvalue weighted by molar-refractivity contribution is -0.168. The third-order valence-electron chi connectivity index (χ3n) is 3.47. The van der Waals surface area contributed by atoms with Gasteiger partial charge in [-0.2, -0.15) is 0 Å². The lowest BCUT2D eigenvalue weighted by atomic mass is 10.1. The van der Waals surface area contributed by atoms with Crippen molar-refractivity contribution in [3.8, 4) is 0 Å². The Morgan fingerprint density at radius 2 is 1.74 bits per heavy atom. The Bertz CT molecular complexity index is 832. The molecule has 2 amide bonds. The Labute approximate surface area is 134 Å². The van der Waals surface area contributed by atoms with E-state index in [0.29, 0.717) is 5.06 Å². The van der Waals surface area contributed by atoms with Gasteiger partial charge in [-0.3, -0.25) is 14.4 Å². The second-order valence-electron chi connectivity index (χ2n) is 4.96. The van der Waals surface area contributed by atoms with Crippen molar-refractivity contribution in [3.05, 3.63) is 56.1 Å². The molecule has 0 atom stereocenters. The first-order valence-electron chi connectivity index (χ1n) is 6.82. The number of rotatable bonds is 4. The molecule has 0 aliphatic carbocycles. The number of hydroxylamine groups is 2. The molecule has 1 aromatic carbocycles. The molecule has 0 saturated carbocycles. The Kier molecular flexibility index (Phi) is 3.83. The fourth-order valence-electron chi connectivity index (χ4n) is 2.28. The van der Waals surface area contributed by atoms with Gasteiger partial charge in [0.1, 0.15) is 0 Å². The van der Waals surface area contributed by atoms with E-state index in [-0.39, 0.29) is 29.0 Å². The van der Waals surface area contributed by atoms with Crippen LogP contribution in [0.15, 0.2) is 34.4 Å². The van der Waals surface area contributed by atoms with E-state index in [1.54, 1.807) is 24.4 Å². The molecule has 7 nitrogen and oxygen atoms in total. The van der Waals surface area contributed by atoms with Crippen LogP contribution in [0.5, 0.6) is 0 Å². The Morgan fingerprint density at radius 3 is 2.26 bits per heavy atom. The van der Waals surface area contributed by atoms with Crippen molar-refractivity contribution in [2.75, 3.05) is 0 Å². The predicted octanol–water partition coefficient (Wildman–Crippen LogP) is 1.36. The fourth-order valence-corrected chi connectivity index (χ4v) is 3.04. The molecule has 0 N–H and O–H groups in total. The van der Waals surface area contributed by atoms with Crippen LogP contribution in [0.3, 0.4) is 0 Å². The topological polar surface area (TPSA) is 85.7 Å². The van der Waals surface area contributed by atoms with Crippen LogP contribution < -0.4 is 4.87 Å². The minimum absolute atomic E-state index is 0.120. The number of thiazole rings is 1. The van der Waals surface area contributed by atoms with E-state index in [2.05, 4.69) is 0 Å². The van der Waals surface area contributed by atoms with E-state index >= 15 is 0 Å². The zero-order chi connectivity index (χ0) is 16.6. The maximum atomic E-state index is 12.1. The molecular formula is C15H12N2O5S. The van der Waals surface area contributed by atoms with Crippen molar-refractivity contribution in [1.82, 2.24) is 9.63 Å². The summed E-state index contributed by atoms with van der Waals surface area (Å²) in [5.41, 5.74) is 1.15. The Balaban J connectivity index is 1.67. The molecule has 2 heterocycles. The van der Waals surface area contributed by atoms with Gasteiger partial charge in [-0.1, -0.05) is 28.5 Å². The van der Waals surface area contributed by atoms with Gasteiger partial charge in [0, 0.05) is 17.6 Å². The van der Waals surface area contributed by atoms with Crippen LogP contribution in [-0.2, 0) is 16.2 Å². The average molecular weight is 332 g/mol. The first-order valence-corrected chi connectivity index (χ1v) is 7.70. The minimum atomic E-state index is -0.753. The number of hydrogen-bond acceptors (Lipinski definition) is 6. The van der Waals surface area contributed by atoms with Gasteiger partial charge < -0.3 is 9.40 Å². The van der Waals surface area contributed by atoms with Gasteiger partial charge >= 0.3 is 10.8 Å². The number of aromatic nitrogens is 1. The van der Waals surface area contributed by atoms with Gasteiger partial charge in [-0.25, -0.2) is 4.79 Å². The summed E-state index contributed by atoms with van der Waals surface area (Å²) in [6.07, 6.45) is -0.120. The van der Waals surface area contributed by atoms with Gasteiger partial charge in [-0.15, -0.1) is 0 Å². The van der Waals surface area contributed by atoms with E-state index in [1.165, 1.54) is 16.7 Å². The third kappa shape index (κ3) is 2.68. The fraction of sp³-hybridized carbons (Fsp3) is 0.200. The summed E-state index contributed by atoms with van der Waals surface area (Å²) in [5, 5.41) is 2.16. The molecule has 0 radical (unpaired) electrons. The maximum absolute atomic E-state index is 12.1. The lowest BCUT2D eigenvalue weighted by Crippen LogP contribution is -2.33. The van der Waals surface area contributed by atoms with Crippen LogP contribution in [0.25, 0.3) is 0 Å². The van der Waals surface area contributed by atoms with Crippen LogP contribution in [0.2, 0.25) is 0 Å². The summed E-state index contributed by atoms with van der Waals surface area (Å²) >= 11 is 1.04. The molecule has 1 aromatic heterocycles. The van der Waals surface area contributed by atoms with Gasteiger partial charge in [0.05, 0.1) is 17.5 Å². The van der Waals surface area contributed by atoms with E-state index in [9.17, 15) is 19.2 Å². The summed E-state index contributed by atoms with van der Waals surface area (Å²) in [6, 6.07) is 6.25. The lowest BCUT2D eigenvalue weighted by Gasteiger charge is -2.12. The zero-order valence-electron chi connectivity index (χ0n) is 12.1. The number of amides is 2. The number of imide groups is 1. The van der Waals surface area contributed by atoms with E-state index in [1.807, 2.05) is 0 Å². The number of hydrogen-bond donors (Lipinski definition) is 0. The van der Waals surface area contributed by atoms with Crippen LogP contribution in [-0.4, -0.2) is 27.4 Å². The molecule has 0 spiro atoms. The van der Waals surface area contributed by atoms with Crippen molar-refractivity contribution in [2.45, 2.75) is 19.9 Å². The van der Waals surface area contributed by atoms with Crippen molar-refractivity contribution >= 4 is 29.1 Å². The molecule has 8 heteroatoms. The molecule has 1 aliphatic heterocycles. The monoisotopic (exact) mass is 332 g/mol. The third-order valence-corrected chi connectivity index (χ3v) is 4.35. The molecule has 2 aromatic rings. The van der Waals surface area contributed by atoms with Crippen molar-refractivity contribution in [1.29, 1.82) is 0 Å². The van der Waals surface area contributed by atoms with E-state index < -0.39 is 17.8 Å². The SMILES string of the molecule is Cc1csc(=O)n1CCC(=O)ON1C(=O)c2ccccc2C1=O. The van der Waals surface area contributed by atoms with Crippen molar-refractivity contribution in [3.63, 3.8) is 0 Å². The summed E-state index contributed by atoms with van der Waals surface area (Å²) in [7, 11) is 0. The first-order chi connectivity index (χ1) is 11.0. The predicted molar refractivity (Wildman–Crippen MR) is 81.0 cm³/mol. The molecular weight excluding hydrogens is 320 g/mol. The number of carbonyl (C=O) groups is 3. The molecule has 0 fully saturated rings. The minimum Gasteiger partial charge on any atom is -0.330 e. The van der Waals surface area contributed by atoms with Crippen molar-refractivity contribution in [2.24, 2.45) is 0 Å². The van der Waals surface area contributed by atoms with Crippen LogP contribution >= 0.6 is 11.3 Å². The second-order valence-corrected chi connectivity index (χ2v) is 5.78. The first kappa shape index (κ1) is 15.2. The molecule has 118 valence electrons. The molecule has 0 bridgehead atoms. The zero-order valence-corrected chi connectivity index (χ0v) is 13.0. The van der Waals surface area contributed by atoms with E-state index in [4.69, 9.17) is 4.84 Å². The summed E-state index contributed by atoms with van der Waals surface area (Å²) in [4.78, 5) is 52.3. The van der Waals surface area contributed by atoms with Crippen LogP contribution in [0, 0.1) is 6.92 Å². The number of fused-ring (bicyclic) bond motifs is 1. The normalized spacial score (nSPS) is 13.3. The summed E-state index contributed by atoms with van der Waals surface area (Å²) in [5.74, 6) is -2.08. The summed E-state index contributed by atoms with van der Waals surface area (Å²) < 4.78 is 1.44. The summed E-state index contributed by atoms with van der Waals surface area (Å²) in [6.45, 7) is 1.89.